The van der Waals surface area contributed by atoms with Crippen molar-refractivity contribution in [1.29, 1.82) is 0 Å². The maximum absolute atomic E-state index is 12.0. The van der Waals surface area contributed by atoms with E-state index in [1.165, 1.54) is 6.07 Å². The molecule has 1 heterocycles. The second-order valence-corrected chi connectivity index (χ2v) is 6.11. The van der Waals surface area contributed by atoms with Crippen molar-refractivity contribution in [3.63, 3.8) is 0 Å². The second-order valence-electron chi connectivity index (χ2n) is 6.11. The van der Waals surface area contributed by atoms with Gasteiger partial charge < -0.3 is 14.5 Å². The average Bonchev–Trinajstić information content (AvgIpc) is 2.61. The maximum Gasteiger partial charge on any atom is 0.336 e. The number of carbonyl (C=O) groups excluding carboxylic acids is 1. The zero-order chi connectivity index (χ0) is 18.7. The van der Waals surface area contributed by atoms with Gasteiger partial charge in [-0.3, -0.25) is 4.79 Å². The number of carbonyl (C=O) groups is 1. The first-order valence-corrected chi connectivity index (χ1v) is 8.58. The van der Waals surface area contributed by atoms with E-state index in [1.54, 1.807) is 19.1 Å². The van der Waals surface area contributed by atoms with E-state index in [0.29, 0.717) is 17.9 Å². The fraction of sp³-hybridized carbons (Fsp3) is 0.238. The van der Waals surface area contributed by atoms with E-state index >= 15 is 0 Å². The van der Waals surface area contributed by atoms with Crippen molar-refractivity contribution in [2.45, 2.75) is 26.9 Å². The number of benzene rings is 2. The molecule has 2 aromatic carbocycles. The fourth-order valence-electron chi connectivity index (χ4n) is 2.89. The van der Waals surface area contributed by atoms with Crippen LogP contribution in [0, 0.1) is 6.92 Å². The predicted octanol–water partition coefficient (Wildman–Crippen LogP) is 3.67. The number of ether oxygens (including phenoxy) is 1. The Morgan fingerprint density at radius 3 is 2.65 bits per heavy atom. The topological polar surface area (TPSA) is 68.5 Å². The van der Waals surface area contributed by atoms with Gasteiger partial charge in [-0.15, -0.1) is 0 Å². The van der Waals surface area contributed by atoms with E-state index in [4.69, 9.17) is 9.15 Å². The Morgan fingerprint density at radius 2 is 1.92 bits per heavy atom. The summed E-state index contributed by atoms with van der Waals surface area (Å²) >= 11 is 0. The summed E-state index contributed by atoms with van der Waals surface area (Å²) < 4.78 is 11.0. The lowest BCUT2D eigenvalue weighted by molar-refractivity contribution is -0.127. The van der Waals surface area contributed by atoms with Crippen LogP contribution in [-0.2, 0) is 4.79 Å². The fourth-order valence-corrected chi connectivity index (χ4v) is 2.89. The molecule has 0 saturated heterocycles. The molecule has 0 bridgehead atoms. The van der Waals surface area contributed by atoms with E-state index < -0.39 is 11.7 Å². The zero-order valence-electron chi connectivity index (χ0n) is 15.0. The lowest BCUT2D eigenvalue weighted by Crippen LogP contribution is -2.36. The molecule has 0 saturated carbocycles. The van der Waals surface area contributed by atoms with E-state index in [9.17, 15) is 9.59 Å². The monoisotopic (exact) mass is 351 g/mol. The minimum absolute atomic E-state index is 0.192. The minimum Gasteiger partial charge on any atom is -0.481 e. The molecule has 0 fully saturated rings. The summed E-state index contributed by atoms with van der Waals surface area (Å²) in [6.45, 7) is 6.07. The summed E-state index contributed by atoms with van der Waals surface area (Å²) in [6, 6.07) is 14.7. The molecule has 5 heteroatoms. The molecule has 1 atom stereocenters. The van der Waals surface area contributed by atoms with Crippen LogP contribution >= 0.6 is 0 Å². The number of hydrogen-bond donors (Lipinski definition) is 1. The molecule has 3 rings (SSSR count). The second kappa shape index (κ2) is 7.44. The molecule has 0 aliphatic heterocycles. The zero-order valence-corrected chi connectivity index (χ0v) is 15.0. The molecule has 0 aliphatic carbocycles. The lowest BCUT2D eigenvalue weighted by Gasteiger charge is -2.15. The Labute approximate surface area is 151 Å². The third-order valence-electron chi connectivity index (χ3n) is 4.18. The highest BCUT2D eigenvalue weighted by molar-refractivity contribution is 5.94. The average molecular weight is 351 g/mol. The van der Waals surface area contributed by atoms with Crippen molar-refractivity contribution < 1.29 is 13.9 Å². The molecule has 1 amide bonds. The molecule has 26 heavy (non-hydrogen) atoms. The van der Waals surface area contributed by atoms with E-state index in [1.807, 2.05) is 44.2 Å². The van der Waals surface area contributed by atoms with Gasteiger partial charge >= 0.3 is 5.63 Å². The standard InChI is InChI=1S/C21H21NO4/c1-4-22-21(24)14(3)25-15-9-10-17-18(12-20(23)26-19(17)11-15)16-8-6-5-7-13(16)2/h5-12,14H,4H2,1-3H3,(H,22,24). The largest absolute Gasteiger partial charge is 0.481 e. The SMILES string of the molecule is CCNC(=O)C(C)Oc1ccc2c(-c3ccccc3C)cc(=O)oc2c1. The van der Waals surface area contributed by atoms with Gasteiger partial charge in [-0.05, 0) is 44.0 Å². The summed E-state index contributed by atoms with van der Waals surface area (Å²) in [4.78, 5) is 23.9. The summed E-state index contributed by atoms with van der Waals surface area (Å²) in [5.74, 6) is 0.282. The third-order valence-corrected chi connectivity index (χ3v) is 4.18. The van der Waals surface area contributed by atoms with Gasteiger partial charge in [0.05, 0.1) is 0 Å². The van der Waals surface area contributed by atoms with E-state index in [2.05, 4.69) is 5.32 Å². The molecule has 3 aromatic rings. The molecule has 0 aliphatic rings. The highest BCUT2D eigenvalue weighted by Gasteiger charge is 2.15. The van der Waals surface area contributed by atoms with Gasteiger partial charge in [0.15, 0.2) is 6.10 Å². The van der Waals surface area contributed by atoms with Crippen LogP contribution in [0.4, 0.5) is 0 Å². The van der Waals surface area contributed by atoms with Gasteiger partial charge in [0.1, 0.15) is 11.3 Å². The summed E-state index contributed by atoms with van der Waals surface area (Å²) in [5.41, 5.74) is 2.87. The highest BCUT2D eigenvalue weighted by atomic mass is 16.5. The summed E-state index contributed by atoms with van der Waals surface area (Å²) in [6.07, 6.45) is -0.640. The Bertz CT molecular complexity index is 1010. The molecule has 1 unspecified atom stereocenters. The molecule has 0 radical (unpaired) electrons. The first-order valence-electron chi connectivity index (χ1n) is 8.58. The number of likely N-dealkylation sites (N-methyl/N-ethyl adjacent to an activating group) is 1. The molecule has 0 spiro atoms. The molecular formula is C21H21NO4. The van der Waals surface area contributed by atoms with Crippen molar-refractivity contribution in [2.75, 3.05) is 6.54 Å². The van der Waals surface area contributed by atoms with Gasteiger partial charge in [-0.1, -0.05) is 24.3 Å². The lowest BCUT2D eigenvalue weighted by atomic mass is 9.98. The van der Waals surface area contributed by atoms with Crippen LogP contribution in [0.1, 0.15) is 19.4 Å². The smallest absolute Gasteiger partial charge is 0.336 e. The van der Waals surface area contributed by atoms with E-state index in [0.717, 1.165) is 22.1 Å². The quantitative estimate of drug-likeness (QED) is 0.712. The summed E-state index contributed by atoms with van der Waals surface area (Å²) in [5, 5.41) is 3.53. The highest BCUT2D eigenvalue weighted by Crippen LogP contribution is 2.31. The van der Waals surface area contributed by atoms with E-state index in [-0.39, 0.29) is 5.91 Å². The molecule has 1 N–H and O–H groups in total. The normalized spacial score (nSPS) is 12.0. The van der Waals surface area contributed by atoms with Crippen molar-refractivity contribution in [2.24, 2.45) is 0 Å². The first kappa shape index (κ1) is 17.7. The van der Waals surface area contributed by atoms with Crippen molar-refractivity contribution in [3.05, 3.63) is 64.5 Å². The number of rotatable bonds is 5. The van der Waals surface area contributed by atoms with Crippen molar-refractivity contribution in [3.8, 4) is 16.9 Å². The Kier molecular flexibility index (Phi) is 5.07. The predicted molar refractivity (Wildman–Crippen MR) is 101 cm³/mol. The summed E-state index contributed by atoms with van der Waals surface area (Å²) in [7, 11) is 0. The van der Waals surface area contributed by atoms with Crippen LogP contribution in [0.3, 0.4) is 0 Å². The molecule has 134 valence electrons. The van der Waals surface area contributed by atoms with Gasteiger partial charge in [-0.2, -0.15) is 0 Å². The van der Waals surface area contributed by atoms with Crippen molar-refractivity contribution in [1.82, 2.24) is 5.32 Å². The Balaban J connectivity index is 2.03. The number of fused-ring (bicyclic) bond motifs is 1. The Morgan fingerprint density at radius 1 is 1.15 bits per heavy atom. The number of hydrogen-bond acceptors (Lipinski definition) is 4. The third kappa shape index (κ3) is 3.61. The number of nitrogens with one attached hydrogen (secondary N) is 1. The van der Waals surface area contributed by atoms with Gasteiger partial charge in [0.2, 0.25) is 0 Å². The van der Waals surface area contributed by atoms with Crippen LogP contribution in [-0.4, -0.2) is 18.6 Å². The van der Waals surface area contributed by atoms with Gasteiger partial charge in [0.25, 0.3) is 5.91 Å². The first-order chi connectivity index (χ1) is 12.5. The molecular weight excluding hydrogens is 330 g/mol. The number of amides is 1. The van der Waals surface area contributed by atoms with Crippen LogP contribution in [0.15, 0.2) is 57.7 Å². The van der Waals surface area contributed by atoms with Gasteiger partial charge in [-0.25, -0.2) is 4.79 Å². The van der Waals surface area contributed by atoms with Crippen molar-refractivity contribution >= 4 is 16.9 Å². The van der Waals surface area contributed by atoms with Crippen LogP contribution in [0.5, 0.6) is 5.75 Å². The maximum atomic E-state index is 12.0. The number of aryl methyl sites for hydroxylation is 1. The molecule has 1 aromatic heterocycles. The van der Waals surface area contributed by atoms with Gasteiger partial charge in [0, 0.05) is 29.6 Å². The van der Waals surface area contributed by atoms with Crippen LogP contribution in [0.2, 0.25) is 0 Å². The minimum atomic E-state index is -0.640. The Hall–Kier alpha value is -3.08. The van der Waals surface area contributed by atoms with Crippen LogP contribution in [0.25, 0.3) is 22.1 Å². The molecule has 5 nitrogen and oxygen atoms in total. The van der Waals surface area contributed by atoms with Crippen LogP contribution < -0.4 is 15.7 Å².